The molecule has 0 aliphatic carbocycles. The quantitative estimate of drug-likeness (QED) is 0.175. The average molecular weight is 720 g/mol. The standard InChI is InChI=1S/C40H42ClN7O4/c1-24-28(29-9-5-7-27(36(29)41)21-35(49)37-42-31-22-45(2)18-16-33(31)46(37)3)8-6-10-30(24)44-39(50)38-43-32-23-48(20-17-34(32)47(38)4)19-15-25-11-13-26(14-12-25)40(51)52/h5-14H,15-23H2,1-4H3,(H,44,50)(H,51,52). The van der Waals surface area contributed by atoms with E-state index in [2.05, 4.69) is 22.2 Å². The van der Waals surface area contributed by atoms with Crippen molar-refractivity contribution in [2.45, 2.75) is 45.7 Å². The zero-order valence-electron chi connectivity index (χ0n) is 29.9. The van der Waals surface area contributed by atoms with Gasteiger partial charge in [-0.05, 0) is 60.8 Å². The summed E-state index contributed by atoms with van der Waals surface area (Å²) in [4.78, 5) is 52.4. The van der Waals surface area contributed by atoms with Crippen molar-refractivity contribution in [3.05, 3.63) is 122 Å². The molecule has 0 fully saturated rings. The molecule has 0 saturated heterocycles. The number of Topliss-reactive ketones (excluding diaryl/α,β-unsaturated/α-hetero) is 1. The van der Waals surface area contributed by atoms with Crippen LogP contribution in [0.15, 0.2) is 60.7 Å². The lowest BCUT2D eigenvalue weighted by Gasteiger charge is -2.26. The van der Waals surface area contributed by atoms with E-state index in [9.17, 15) is 14.4 Å². The number of fused-ring (bicyclic) bond motifs is 2. The Morgan fingerprint density at radius 2 is 1.48 bits per heavy atom. The first kappa shape index (κ1) is 35.3. The Morgan fingerprint density at radius 1 is 0.827 bits per heavy atom. The highest BCUT2D eigenvalue weighted by atomic mass is 35.5. The van der Waals surface area contributed by atoms with Crippen molar-refractivity contribution < 1.29 is 19.5 Å². The molecule has 2 aliphatic heterocycles. The van der Waals surface area contributed by atoms with Gasteiger partial charge in [-0.25, -0.2) is 14.8 Å². The van der Waals surface area contributed by atoms with Crippen LogP contribution in [-0.4, -0.2) is 78.4 Å². The maximum Gasteiger partial charge on any atom is 0.335 e. The Balaban J connectivity index is 1.04. The largest absolute Gasteiger partial charge is 0.478 e. The van der Waals surface area contributed by atoms with Crippen molar-refractivity contribution in [1.82, 2.24) is 28.9 Å². The van der Waals surface area contributed by atoms with E-state index >= 15 is 0 Å². The van der Waals surface area contributed by atoms with Crippen LogP contribution >= 0.6 is 11.6 Å². The van der Waals surface area contributed by atoms with Crippen LogP contribution in [0.3, 0.4) is 0 Å². The summed E-state index contributed by atoms with van der Waals surface area (Å²) in [6.07, 6.45) is 2.55. The second-order valence-electron chi connectivity index (χ2n) is 13.9. The lowest BCUT2D eigenvalue weighted by atomic mass is 9.96. The van der Waals surface area contributed by atoms with Crippen molar-refractivity contribution >= 4 is 34.9 Å². The van der Waals surface area contributed by atoms with Gasteiger partial charge in [0.1, 0.15) is 0 Å². The van der Waals surface area contributed by atoms with Crippen LogP contribution in [0.1, 0.15) is 71.1 Å². The summed E-state index contributed by atoms with van der Waals surface area (Å²) < 4.78 is 3.82. The summed E-state index contributed by atoms with van der Waals surface area (Å²) in [5.41, 5.74) is 9.24. The second kappa shape index (κ2) is 14.5. The molecule has 7 rings (SSSR count). The lowest BCUT2D eigenvalue weighted by Crippen LogP contribution is -2.32. The van der Waals surface area contributed by atoms with Crippen LogP contribution in [0, 0.1) is 6.92 Å². The Kier molecular flexibility index (Phi) is 9.84. The number of carboxylic acids is 1. The highest BCUT2D eigenvalue weighted by Gasteiger charge is 2.27. The minimum absolute atomic E-state index is 0.0792. The van der Waals surface area contributed by atoms with Gasteiger partial charge in [-0.15, -0.1) is 0 Å². The number of anilines is 1. The number of hydrogen-bond acceptors (Lipinski definition) is 7. The molecule has 2 aromatic heterocycles. The van der Waals surface area contributed by atoms with E-state index < -0.39 is 5.97 Å². The Bertz CT molecular complexity index is 2200. The third-order valence-corrected chi connectivity index (χ3v) is 10.9. The number of nitrogens with one attached hydrogen (secondary N) is 1. The highest BCUT2D eigenvalue weighted by molar-refractivity contribution is 6.34. The van der Waals surface area contributed by atoms with Gasteiger partial charge in [-0.1, -0.05) is 54.1 Å². The number of aromatic nitrogens is 4. The number of imidazole rings is 2. The van der Waals surface area contributed by atoms with Gasteiger partial charge in [-0.2, -0.15) is 0 Å². The molecular formula is C40H42ClN7O4. The van der Waals surface area contributed by atoms with Crippen molar-refractivity contribution in [2.75, 3.05) is 32.0 Å². The van der Waals surface area contributed by atoms with E-state index in [0.29, 0.717) is 28.9 Å². The monoisotopic (exact) mass is 719 g/mol. The first-order valence-corrected chi connectivity index (χ1v) is 17.9. The van der Waals surface area contributed by atoms with Gasteiger partial charge < -0.3 is 24.5 Å². The summed E-state index contributed by atoms with van der Waals surface area (Å²) in [7, 11) is 5.85. The molecule has 12 heteroatoms. The molecule has 0 radical (unpaired) electrons. The summed E-state index contributed by atoms with van der Waals surface area (Å²) in [6.45, 7) is 5.90. The second-order valence-corrected chi connectivity index (χ2v) is 14.2. The number of aromatic carboxylic acids is 1. The molecule has 1 amide bonds. The van der Waals surface area contributed by atoms with Crippen molar-refractivity contribution in [1.29, 1.82) is 0 Å². The van der Waals surface area contributed by atoms with E-state index in [1.165, 1.54) is 0 Å². The smallest absolute Gasteiger partial charge is 0.335 e. The Morgan fingerprint density at radius 3 is 2.23 bits per heavy atom. The maximum absolute atomic E-state index is 13.7. The zero-order valence-corrected chi connectivity index (χ0v) is 30.6. The third-order valence-electron chi connectivity index (χ3n) is 10.5. The number of nitrogens with zero attached hydrogens (tertiary/aromatic N) is 6. The number of rotatable bonds is 10. The Hall–Kier alpha value is -5.10. The molecule has 0 saturated carbocycles. The first-order chi connectivity index (χ1) is 25.0. The van der Waals surface area contributed by atoms with Crippen LogP contribution in [0.4, 0.5) is 5.69 Å². The summed E-state index contributed by atoms with van der Waals surface area (Å²) in [5, 5.41) is 12.8. The molecule has 0 spiro atoms. The van der Waals surface area contributed by atoms with E-state index in [0.717, 1.165) is 96.0 Å². The van der Waals surface area contributed by atoms with Gasteiger partial charge in [0, 0.05) is 88.7 Å². The molecule has 3 aromatic carbocycles. The SMILES string of the molecule is Cc1c(NC(=O)c2nc3c(n2C)CCN(CCc2ccc(C(=O)O)cc2)C3)cccc1-c1cccc(CC(=O)c2nc3c(n2C)CCN(C)C3)c1Cl. The molecule has 11 nitrogen and oxygen atoms in total. The topological polar surface area (TPSA) is 126 Å². The number of hydrogen-bond donors (Lipinski definition) is 2. The summed E-state index contributed by atoms with van der Waals surface area (Å²) in [5.74, 6) is -0.501. The predicted octanol–water partition coefficient (Wildman–Crippen LogP) is 5.75. The molecule has 0 atom stereocenters. The van der Waals surface area contributed by atoms with Crippen LogP contribution in [-0.2, 0) is 52.9 Å². The van der Waals surface area contributed by atoms with Crippen LogP contribution in [0.5, 0.6) is 0 Å². The van der Waals surface area contributed by atoms with Crippen LogP contribution in [0.25, 0.3) is 11.1 Å². The number of likely N-dealkylation sites (N-methyl/N-ethyl adjacent to an activating group) is 1. The molecular weight excluding hydrogens is 678 g/mol. The predicted molar refractivity (Wildman–Crippen MR) is 200 cm³/mol. The van der Waals surface area contributed by atoms with Crippen LogP contribution in [0.2, 0.25) is 5.02 Å². The normalized spacial score (nSPS) is 14.6. The fraction of sp³-hybridized carbons (Fsp3) is 0.325. The van der Waals surface area contributed by atoms with Crippen LogP contribution < -0.4 is 5.32 Å². The van der Waals surface area contributed by atoms with Gasteiger partial charge in [0.05, 0.1) is 22.0 Å². The summed E-state index contributed by atoms with van der Waals surface area (Å²) >= 11 is 7.01. The molecule has 0 unspecified atom stereocenters. The van der Waals surface area contributed by atoms with Crippen molar-refractivity contribution in [2.24, 2.45) is 14.1 Å². The molecule has 0 bridgehead atoms. The molecule has 2 aliphatic rings. The average Bonchev–Trinajstić information content (AvgIpc) is 3.64. The van der Waals surface area contributed by atoms with Crippen molar-refractivity contribution in [3.63, 3.8) is 0 Å². The minimum atomic E-state index is -0.930. The van der Waals surface area contributed by atoms with E-state index in [4.69, 9.17) is 26.7 Å². The van der Waals surface area contributed by atoms with Gasteiger partial charge >= 0.3 is 5.97 Å². The lowest BCUT2D eigenvalue weighted by molar-refractivity contribution is 0.0696. The fourth-order valence-corrected chi connectivity index (χ4v) is 7.70. The number of carbonyl (C=O) groups excluding carboxylic acids is 2. The molecule has 52 heavy (non-hydrogen) atoms. The van der Waals surface area contributed by atoms with Gasteiger partial charge in [0.2, 0.25) is 5.78 Å². The number of carboxylic acid groups (broad SMARTS) is 1. The van der Waals surface area contributed by atoms with Gasteiger partial charge in [0.25, 0.3) is 5.91 Å². The number of benzene rings is 3. The highest BCUT2D eigenvalue weighted by Crippen LogP contribution is 2.36. The summed E-state index contributed by atoms with van der Waals surface area (Å²) in [6, 6.07) is 18.4. The molecule has 268 valence electrons. The molecule has 5 aromatic rings. The number of carbonyl (C=O) groups is 3. The Labute approximate surface area is 307 Å². The number of halogens is 1. The molecule has 4 heterocycles. The van der Waals surface area contributed by atoms with E-state index in [-0.39, 0.29) is 23.7 Å². The third kappa shape index (κ3) is 6.91. The van der Waals surface area contributed by atoms with E-state index in [1.807, 2.05) is 78.7 Å². The first-order valence-electron chi connectivity index (χ1n) is 17.5. The van der Waals surface area contributed by atoms with Crippen molar-refractivity contribution in [3.8, 4) is 11.1 Å². The molecule has 2 N–H and O–H groups in total. The maximum atomic E-state index is 13.7. The van der Waals surface area contributed by atoms with Gasteiger partial charge in [0.15, 0.2) is 11.6 Å². The van der Waals surface area contributed by atoms with Gasteiger partial charge in [-0.3, -0.25) is 14.5 Å². The number of ketones is 1. The fourth-order valence-electron chi connectivity index (χ4n) is 7.40. The minimum Gasteiger partial charge on any atom is -0.478 e. The van der Waals surface area contributed by atoms with E-state index in [1.54, 1.807) is 12.1 Å². The zero-order chi connectivity index (χ0) is 36.7. The number of amides is 1.